The van der Waals surface area contributed by atoms with Crippen LogP contribution >= 0.6 is 0 Å². The number of carbonyl (C=O) groups is 1. The van der Waals surface area contributed by atoms with Crippen molar-refractivity contribution >= 4 is 45.6 Å². The van der Waals surface area contributed by atoms with Crippen LogP contribution in [0.15, 0.2) is 29.2 Å². The molecule has 0 unspecified atom stereocenters. The van der Waals surface area contributed by atoms with E-state index < -0.39 is 16.1 Å². The molecule has 72 valence electrons. The zero-order valence-corrected chi connectivity index (χ0v) is 7.15. The maximum atomic E-state index is 10.5. The Bertz CT molecular complexity index is 422. The molecule has 0 amide bonds. The van der Waals surface area contributed by atoms with Gasteiger partial charge >= 0.3 is 35.5 Å². The summed E-state index contributed by atoms with van der Waals surface area (Å²) in [6, 6.07) is 4.26. The molecule has 0 heterocycles. The Labute approximate surface area is 103 Å². The molecule has 2 N–H and O–H groups in total. The molecule has 0 aliphatic carbocycles. The van der Waals surface area contributed by atoms with Crippen LogP contribution in [-0.2, 0) is 10.1 Å². The zero-order chi connectivity index (χ0) is 10.1. The van der Waals surface area contributed by atoms with Crippen LogP contribution in [0, 0.1) is 0 Å². The number of hydrogen-bond acceptors (Lipinski definition) is 3. The first-order chi connectivity index (χ1) is 5.91. The van der Waals surface area contributed by atoms with E-state index in [-0.39, 0.29) is 40.0 Å². The molecule has 0 saturated heterocycles. The van der Waals surface area contributed by atoms with Gasteiger partial charge in [-0.05, 0) is 24.3 Å². The molecule has 0 atom stereocenters. The fourth-order valence-electron chi connectivity index (χ4n) is 0.769. The molecule has 0 spiro atoms. The Kier molecular flexibility index (Phi) is 4.76. The average molecular weight is 226 g/mol. The van der Waals surface area contributed by atoms with Gasteiger partial charge in [0.05, 0.1) is 10.5 Å². The third-order valence-electron chi connectivity index (χ3n) is 1.40. The molecule has 0 aliphatic heterocycles. The summed E-state index contributed by atoms with van der Waals surface area (Å²) in [6.07, 6.45) is 0. The predicted octanol–water partition coefficient (Wildman–Crippen LogP) is -0.0170. The summed E-state index contributed by atoms with van der Waals surface area (Å²) in [7, 11) is -4.24. The summed E-state index contributed by atoms with van der Waals surface area (Å²) >= 11 is 0. The van der Waals surface area contributed by atoms with Crippen molar-refractivity contribution < 1.29 is 22.9 Å². The number of aromatic carboxylic acids is 1. The van der Waals surface area contributed by atoms with E-state index in [1.54, 1.807) is 0 Å². The van der Waals surface area contributed by atoms with Gasteiger partial charge in [0.2, 0.25) is 0 Å². The van der Waals surface area contributed by atoms with E-state index in [0.717, 1.165) is 24.3 Å². The van der Waals surface area contributed by atoms with Crippen molar-refractivity contribution in [1.29, 1.82) is 0 Å². The fraction of sp³-hybridized carbons (Fsp3) is 0. The minimum atomic E-state index is -4.24. The third kappa shape index (κ3) is 3.39. The predicted molar refractivity (Wildman–Crippen MR) is 50.4 cm³/mol. The van der Waals surface area contributed by atoms with E-state index in [9.17, 15) is 13.2 Å². The normalized spacial score (nSPS) is 10.4. The van der Waals surface area contributed by atoms with E-state index >= 15 is 0 Å². The van der Waals surface area contributed by atoms with Crippen molar-refractivity contribution in [3.63, 3.8) is 0 Å². The van der Waals surface area contributed by atoms with Crippen LogP contribution in [0.25, 0.3) is 0 Å². The van der Waals surface area contributed by atoms with Gasteiger partial charge in [-0.25, -0.2) is 4.79 Å². The molecule has 14 heavy (non-hydrogen) atoms. The molecule has 1 aromatic carbocycles. The molecule has 0 aliphatic rings. The van der Waals surface area contributed by atoms with E-state index in [4.69, 9.17) is 9.66 Å². The van der Waals surface area contributed by atoms with Gasteiger partial charge in [0.15, 0.2) is 0 Å². The van der Waals surface area contributed by atoms with Crippen LogP contribution in [0.3, 0.4) is 0 Å². The first-order valence-corrected chi connectivity index (χ1v) is 4.66. The van der Waals surface area contributed by atoms with Crippen molar-refractivity contribution in [1.82, 2.24) is 0 Å². The van der Waals surface area contributed by atoms with Crippen molar-refractivity contribution in [3.05, 3.63) is 29.8 Å². The first kappa shape index (κ1) is 13.6. The molecular formula is C7H7NaO5S. The maximum absolute atomic E-state index is 10.5. The molecule has 5 nitrogen and oxygen atoms in total. The molecule has 0 bridgehead atoms. The van der Waals surface area contributed by atoms with E-state index in [2.05, 4.69) is 0 Å². The van der Waals surface area contributed by atoms with Crippen LogP contribution in [0.5, 0.6) is 0 Å². The topological polar surface area (TPSA) is 91.7 Å². The molecule has 1 aromatic rings. The SMILES string of the molecule is O=C(O)c1ccc(S(=O)(=O)O)cc1.[NaH]. The molecular weight excluding hydrogens is 219 g/mol. The molecule has 7 heteroatoms. The van der Waals surface area contributed by atoms with Crippen LogP contribution < -0.4 is 0 Å². The Morgan fingerprint density at radius 1 is 1.14 bits per heavy atom. The summed E-state index contributed by atoms with van der Waals surface area (Å²) in [6.45, 7) is 0. The minimum absolute atomic E-state index is 0. The molecule has 0 radical (unpaired) electrons. The molecule has 1 rings (SSSR count). The monoisotopic (exact) mass is 226 g/mol. The Balaban J connectivity index is 0.00000169. The van der Waals surface area contributed by atoms with E-state index in [1.807, 2.05) is 0 Å². The van der Waals surface area contributed by atoms with Crippen molar-refractivity contribution in [3.8, 4) is 0 Å². The van der Waals surface area contributed by atoms with Crippen molar-refractivity contribution in [2.75, 3.05) is 0 Å². The number of benzene rings is 1. The van der Waals surface area contributed by atoms with Gasteiger partial charge in [0, 0.05) is 0 Å². The quantitative estimate of drug-likeness (QED) is 0.546. The molecule has 0 fully saturated rings. The second kappa shape index (κ2) is 4.90. The van der Waals surface area contributed by atoms with Crippen molar-refractivity contribution in [2.45, 2.75) is 4.90 Å². The van der Waals surface area contributed by atoms with Gasteiger partial charge in [-0.15, -0.1) is 0 Å². The Hall–Kier alpha value is -0.400. The fourth-order valence-corrected chi connectivity index (χ4v) is 1.25. The number of rotatable bonds is 2. The molecule has 0 saturated carbocycles. The van der Waals surface area contributed by atoms with E-state index in [0.29, 0.717) is 0 Å². The number of hydrogen-bond donors (Lipinski definition) is 2. The Morgan fingerprint density at radius 3 is 1.86 bits per heavy atom. The summed E-state index contributed by atoms with van der Waals surface area (Å²) in [5.74, 6) is -1.15. The Morgan fingerprint density at radius 2 is 1.57 bits per heavy atom. The average Bonchev–Trinajstić information content (AvgIpc) is 2.03. The zero-order valence-electron chi connectivity index (χ0n) is 6.34. The van der Waals surface area contributed by atoms with Gasteiger partial charge in [0.25, 0.3) is 10.1 Å². The van der Waals surface area contributed by atoms with Crippen LogP contribution in [0.4, 0.5) is 0 Å². The summed E-state index contributed by atoms with van der Waals surface area (Å²) in [4.78, 5) is 10.0. The van der Waals surface area contributed by atoms with Gasteiger partial charge < -0.3 is 5.11 Å². The summed E-state index contributed by atoms with van der Waals surface area (Å²) < 4.78 is 29.6. The van der Waals surface area contributed by atoms with E-state index in [1.165, 1.54) is 0 Å². The summed E-state index contributed by atoms with van der Waals surface area (Å²) in [5, 5.41) is 8.47. The third-order valence-corrected chi connectivity index (χ3v) is 2.27. The van der Waals surface area contributed by atoms with Gasteiger partial charge in [-0.3, -0.25) is 4.55 Å². The standard InChI is InChI=1S/C7H6O5S.Na.H/c8-7(9)5-1-3-6(4-2-5)13(10,11)12;;/h1-4H,(H,8,9)(H,10,11,12);;. The summed E-state index contributed by atoms with van der Waals surface area (Å²) in [5.41, 5.74) is -0.0348. The van der Waals surface area contributed by atoms with Gasteiger partial charge in [0.1, 0.15) is 0 Å². The number of carboxylic acid groups (broad SMARTS) is 1. The second-order valence-corrected chi connectivity index (χ2v) is 3.73. The second-order valence-electron chi connectivity index (χ2n) is 2.30. The van der Waals surface area contributed by atoms with Gasteiger partial charge in [-0.2, -0.15) is 8.42 Å². The van der Waals surface area contributed by atoms with Crippen LogP contribution in [-0.4, -0.2) is 53.6 Å². The number of carboxylic acids is 1. The van der Waals surface area contributed by atoms with Crippen molar-refractivity contribution in [2.24, 2.45) is 0 Å². The van der Waals surface area contributed by atoms with Gasteiger partial charge in [-0.1, -0.05) is 0 Å². The van der Waals surface area contributed by atoms with Crippen LogP contribution in [0.1, 0.15) is 10.4 Å². The first-order valence-electron chi connectivity index (χ1n) is 3.22. The molecule has 0 aromatic heterocycles. The van der Waals surface area contributed by atoms with Crippen LogP contribution in [0.2, 0.25) is 0 Å².